The summed E-state index contributed by atoms with van der Waals surface area (Å²) in [6.45, 7) is 4.08. The molecule has 0 aromatic heterocycles. The van der Waals surface area contributed by atoms with Crippen molar-refractivity contribution in [1.29, 1.82) is 0 Å². The molecule has 11 heteroatoms. The molecule has 1 amide bonds. The number of carbonyl (C=O) groups excluding carboxylic acids is 1. The largest absolute Gasteiger partial charge is 0.490 e. The lowest BCUT2D eigenvalue weighted by molar-refractivity contribution is -0.143. The van der Waals surface area contributed by atoms with Gasteiger partial charge in [0.2, 0.25) is 5.91 Å². The number of alkyl halides is 6. The minimum atomic E-state index is -4.95. The molecule has 2 fully saturated rings. The predicted octanol–water partition coefficient (Wildman–Crippen LogP) is 5.69. The van der Waals surface area contributed by atoms with Crippen molar-refractivity contribution in [3.63, 3.8) is 0 Å². The Morgan fingerprint density at radius 1 is 0.925 bits per heavy atom. The summed E-state index contributed by atoms with van der Waals surface area (Å²) in [5.74, 6) is 0.264. The molecule has 4 rings (SSSR count). The van der Waals surface area contributed by atoms with Crippen molar-refractivity contribution in [2.75, 3.05) is 32.7 Å². The van der Waals surface area contributed by atoms with Crippen LogP contribution in [0.2, 0.25) is 0 Å². The van der Waals surface area contributed by atoms with E-state index in [9.17, 15) is 31.1 Å². The van der Waals surface area contributed by atoms with E-state index in [4.69, 9.17) is 4.74 Å². The smallest absolute Gasteiger partial charge is 0.416 e. The third-order valence-electron chi connectivity index (χ3n) is 7.11. The maximum absolute atomic E-state index is 13.1. The van der Waals surface area contributed by atoms with Crippen LogP contribution >= 0.6 is 0 Å². The van der Waals surface area contributed by atoms with Crippen LogP contribution in [0.1, 0.15) is 47.9 Å². The minimum Gasteiger partial charge on any atom is -0.490 e. The number of amides is 1. The Bertz CT molecular complexity index is 1120. The average Bonchev–Trinajstić information content (AvgIpc) is 2.90. The van der Waals surface area contributed by atoms with Gasteiger partial charge < -0.3 is 15.4 Å². The van der Waals surface area contributed by atoms with Crippen molar-refractivity contribution in [2.45, 2.75) is 56.6 Å². The average molecular weight is 570 g/mol. The zero-order chi connectivity index (χ0) is 28.8. The second-order valence-corrected chi connectivity index (χ2v) is 10.3. The Kier molecular flexibility index (Phi) is 9.78. The molecule has 0 unspecified atom stereocenters. The van der Waals surface area contributed by atoms with E-state index in [-0.39, 0.29) is 23.8 Å². The number of benzene rings is 2. The SMILES string of the molecule is O=C(Cc1cc(C(F)(F)F)cc(C(F)(F)F)c1)NC1CCN(C/C=C/c2ccc(OC3CCNCC3)cc2)CC1. The van der Waals surface area contributed by atoms with Crippen LogP contribution < -0.4 is 15.4 Å². The number of nitrogens with zero attached hydrogens (tertiary/aromatic N) is 1. The number of nitrogens with one attached hydrogen (secondary N) is 2. The van der Waals surface area contributed by atoms with Gasteiger partial charge in [-0.2, -0.15) is 26.3 Å². The first-order valence-corrected chi connectivity index (χ1v) is 13.4. The van der Waals surface area contributed by atoms with Gasteiger partial charge in [-0.05, 0) is 80.2 Å². The Morgan fingerprint density at radius 2 is 1.52 bits per heavy atom. The molecule has 0 bridgehead atoms. The van der Waals surface area contributed by atoms with E-state index in [1.54, 1.807) is 0 Å². The van der Waals surface area contributed by atoms with Gasteiger partial charge in [0.15, 0.2) is 0 Å². The van der Waals surface area contributed by atoms with Gasteiger partial charge in [-0.15, -0.1) is 0 Å². The number of likely N-dealkylation sites (tertiary alicyclic amines) is 1. The van der Waals surface area contributed by atoms with Gasteiger partial charge in [-0.1, -0.05) is 24.3 Å². The third kappa shape index (κ3) is 8.99. The Hall–Kier alpha value is -3.05. The van der Waals surface area contributed by atoms with Crippen LogP contribution in [-0.4, -0.2) is 55.7 Å². The lowest BCUT2D eigenvalue weighted by atomic mass is 10.0. The van der Waals surface area contributed by atoms with Crippen molar-refractivity contribution in [3.8, 4) is 5.75 Å². The summed E-state index contributed by atoms with van der Waals surface area (Å²) in [5.41, 5.74) is -2.11. The van der Waals surface area contributed by atoms with E-state index in [0.29, 0.717) is 38.1 Å². The molecule has 0 aliphatic carbocycles. The highest BCUT2D eigenvalue weighted by Crippen LogP contribution is 2.36. The molecular formula is C29H33F6N3O2. The first-order valence-electron chi connectivity index (χ1n) is 13.4. The zero-order valence-corrected chi connectivity index (χ0v) is 22.0. The van der Waals surface area contributed by atoms with Crippen molar-refractivity contribution in [1.82, 2.24) is 15.5 Å². The molecule has 0 radical (unpaired) electrons. The van der Waals surface area contributed by atoms with E-state index in [0.717, 1.165) is 43.8 Å². The maximum atomic E-state index is 13.1. The molecule has 2 aliphatic rings. The van der Waals surface area contributed by atoms with Crippen LogP contribution in [0.4, 0.5) is 26.3 Å². The second-order valence-electron chi connectivity index (χ2n) is 10.3. The second kappa shape index (κ2) is 13.1. The van der Waals surface area contributed by atoms with E-state index < -0.39 is 35.8 Å². The summed E-state index contributed by atoms with van der Waals surface area (Å²) in [5, 5.41) is 6.08. The summed E-state index contributed by atoms with van der Waals surface area (Å²) in [7, 11) is 0. The maximum Gasteiger partial charge on any atom is 0.416 e. The Labute approximate surface area is 229 Å². The molecule has 0 spiro atoms. The number of rotatable bonds is 8. The highest BCUT2D eigenvalue weighted by Gasteiger charge is 2.37. The summed E-state index contributed by atoms with van der Waals surface area (Å²) in [4.78, 5) is 14.7. The monoisotopic (exact) mass is 569 g/mol. The first kappa shape index (κ1) is 29.9. The molecule has 218 valence electrons. The Balaban J connectivity index is 1.21. The Morgan fingerprint density at radius 3 is 2.10 bits per heavy atom. The van der Waals surface area contributed by atoms with Crippen LogP contribution in [0.25, 0.3) is 6.08 Å². The van der Waals surface area contributed by atoms with Gasteiger partial charge in [0.1, 0.15) is 11.9 Å². The highest BCUT2D eigenvalue weighted by molar-refractivity contribution is 5.79. The fourth-order valence-electron chi connectivity index (χ4n) is 4.95. The quantitative estimate of drug-likeness (QED) is 0.401. The van der Waals surface area contributed by atoms with E-state index in [2.05, 4.69) is 21.6 Å². The molecule has 0 saturated carbocycles. The minimum absolute atomic E-state index is 0.0608. The van der Waals surface area contributed by atoms with E-state index in [1.165, 1.54) is 0 Å². The van der Waals surface area contributed by atoms with Gasteiger partial charge in [0, 0.05) is 25.7 Å². The molecule has 2 heterocycles. The van der Waals surface area contributed by atoms with E-state index >= 15 is 0 Å². The normalized spacial score (nSPS) is 18.2. The van der Waals surface area contributed by atoms with E-state index in [1.807, 2.05) is 30.3 Å². The molecule has 2 aliphatic heterocycles. The van der Waals surface area contributed by atoms with Gasteiger partial charge in [-0.3, -0.25) is 9.69 Å². The molecule has 2 aromatic carbocycles. The van der Waals surface area contributed by atoms with Crippen LogP contribution in [0.15, 0.2) is 48.5 Å². The summed E-state index contributed by atoms with van der Waals surface area (Å²) >= 11 is 0. The lowest BCUT2D eigenvalue weighted by Crippen LogP contribution is -2.45. The van der Waals surface area contributed by atoms with Crippen LogP contribution in [-0.2, 0) is 23.6 Å². The number of hydrogen-bond donors (Lipinski definition) is 2. The molecule has 40 heavy (non-hydrogen) atoms. The number of carbonyl (C=O) groups is 1. The van der Waals surface area contributed by atoms with Crippen molar-refractivity contribution in [3.05, 3.63) is 70.8 Å². The fourth-order valence-corrected chi connectivity index (χ4v) is 4.95. The van der Waals surface area contributed by atoms with Crippen molar-refractivity contribution in [2.24, 2.45) is 0 Å². The van der Waals surface area contributed by atoms with Crippen LogP contribution in [0.5, 0.6) is 5.75 Å². The lowest BCUT2D eigenvalue weighted by Gasteiger charge is -2.31. The molecule has 5 nitrogen and oxygen atoms in total. The van der Waals surface area contributed by atoms with Gasteiger partial charge in [0.05, 0.1) is 17.5 Å². The third-order valence-corrected chi connectivity index (χ3v) is 7.11. The standard InChI is InChI=1S/C29H33F6N3O2/c30-28(31,32)22-16-21(17-23(19-22)29(33,34)35)18-27(39)37-24-9-14-38(15-10-24)13-1-2-20-3-5-25(6-4-20)40-26-7-11-36-12-8-26/h1-6,16-17,19,24,26,36H,7-15,18H2,(H,37,39)/b2-1+. The molecule has 2 N–H and O–H groups in total. The number of piperidine rings is 2. The molecule has 2 aromatic rings. The number of halogens is 6. The topological polar surface area (TPSA) is 53.6 Å². The van der Waals surface area contributed by atoms with Crippen molar-refractivity contribution < 1.29 is 35.9 Å². The summed E-state index contributed by atoms with van der Waals surface area (Å²) in [6.07, 6.45) is -2.83. The van der Waals surface area contributed by atoms with Crippen LogP contribution in [0, 0.1) is 0 Å². The number of hydrogen-bond acceptors (Lipinski definition) is 4. The summed E-state index contributed by atoms with van der Waals surface area (Å²) < 4.78 is 84.5. The number of ether oxygens (including phenoxy) is 1. The van der Waals surface area contributed by atoms with Crippen LogP contribution in [0.3, 0.4) is 0 Å². The zero-order valence-electron chi connectivity index (χ0n) is 22.0. The van der Waals surface area contributed by atoms with Gasteiger partial charge >= 0.3 is 12.4 Å². The molecular weight excluding hydrogens is 536 g/mol. The predicted molar refractivity (Wildman–Crippen MR) is 140 cm³/mol. The van der Waals surface area contributed by atoms with Crippen molar-refractivity contribution >= 4 is 12.0 Å². The molecule has 2 saturated heterocycles. The molecule has 0 atom stereocenters. The highest BCUT2D eigenvalue weighted by atomic mass is 19.4. The van der Waals surface area contributed by atoms with Gasteiger partial charge in [-0.25, -0.2) is 0 Å². The first-order chi connectivity index (χ1) is 19.0. The summed E-state index contributed by atoms with van der Waals surface area (Å²) in [6, 6.07) is 9.03. The van der Waals surface area contributed by atoms with Gasteiger partial charge in [0.25, 0.3) is 0 Å². The fraction of sp³-hybridized carbons (Fsp3) is 0.483.